The van der Waals surface area contributed by atoms with Gasteiger partial charge in [0.15, 0.2) is 0 Å². The third-order valence-corrected chi connectivity index (χ3v) is 12.6. The number of rotatable bonds is 4. The molecule has 0 radical (unpaired) electrons. The molecule has 0 spiro atoms. The maximum absolute atomic E-state index is 10.8. The van der Waals surface area contributed by atoms with Gasteiger partial charge in [-0.05, 0) is 112 Å². The molecule has 1 saturated heterocycles. The molecule has 0 bridgehead atoms. The fourth-order valence-electron chi connectivity index (χ4n) is 9.99. The maximum atomic E-state index is 10.8. The lowest BCUT2D eigenvalue weighted by Gasteiger charge is -2.66. The SMILES string of the molecule is C[C@H](CC[C@@H]1OC1(C)C)[C@@H]1CC[C@]2(C)[C@H]3CC=C4[C@@H](CC[C@H](O)C4(C)C)[C@]3(C)CC[C@@]12C. The van der Waals surface area contributed by atoms with Crippen LogP contribution in [-0.2, 0) is 4.74 Å². The lowest BCUT2D eigenvalue weighted by Crippen LogP contribution is -2.59. The zero-order valence-electron chi connectivity index (χ0n) is 22.3. The van der Waals surface area contributed by atoms with Gasteiger partial charge < -0.3 is 9.84 Å². The van der Waals surface area contributed by atoms with Crippen LogP contribution in [0.2, 0.25) is 0 Å². The van der Waals surface area contributed by atoms with E-state index in [4.69, 9.17) is 4.74 Å². The van der Waals surface area contributed by atoms with Gasteiger partial charge in [-0.1, -0.05) is 53.2 Å². The number of allylic oxidation sites excluding steroid dienone is 1. The van der Waals surface area contributed by atoms with E-state index in [1.807, 2.05) is 0 Å². The van der Waals surface area contributed by atoms with Crippen LogP contribution in [0.3, 0.4) is 0 Å². The van der Waals surface area contributed by atoms with Crippen molar-refractivity contribution in [2.45, 2.75) is 131 Å². The van der Waals surface area contributed by atoms with Crippen LogP contribution in [0.25, 0.3) is 0 Å². The van der Waals surface area contributed by atoms with Gasteiger partial charge in [0, 0.05) is 5.41 Å². The van der Waals surface area contributed by atoms with Gasteiger partial charge in [0.2, 0.25) is 0 Å². The van der Waals surface area contributed by atoms with E-state index in [-0.39, 0.29) is 17.1 Å². The molecular weight excluding hydrogens is 392 g/mol. The zero-order chi connectivity index (χ0) is 23.3. The van der Waals surface area contributed by atoms with E-state index < -0.39 is 0 Å². The summed E-state index contributed by atoms with van der Waals surface area (Å²) in [5, 5.41) is 10.8. The molecule has 2 nitrogen and oxygen atoms in total. The van der Waals surface area contributed by atoms with Crippen molar-refractivity contribution in [2.75, 3.05) is 0 Å². The first-order chi connectivity index (χ1) is 14.8. The number of hydrogen-bond acceptors (Lipinski definition) is 2. The molecule has 4 aliphatic carbocycles. The van der Waals surface area contributed by atoms with Crippen LogP contribution in [0.15, 0.2) is 11.6 Å². The first-order valence-electron chi connectivity index (χ1n) is 13.8. The number of fused-ring (bicyclic) bond motifs is 5. The van der Waals surface area contributed by atoms with Crippen molar-refractivity contribution < 1.29 is 9.84 Å². The fourth-order valence-corrected chi connectivity index (χ4v) is 9.99. The van der Waals surface area contributed by atoms with Gasteiger partial charge in [-0.15, -0.1) is 0 Å². The summed E-state index contributed by atoms with van der Waals surface area (Å²) in [5.41, 5.74) is 2.98. The van der Waals surface area contributed by atoms with Crippen LogP contribution in [0, 0.1) is 45.3 Å². The Labute approximate surface area is 198 Å². The van der Waals surface area contributed by atoms with Crippen LogP contribution in [0.5, 0.6) is 0 Å². The van der Waals surface area contributed by atoms with E-state index in [1.165, 1.54) is 51.4 Å². The Morgan fingerprint density at radius 1 is 0.969 bits per heavy atom. The quantitative estimate of drug-likeness (QED) is 0.360. The van der Waals surface area contributed by atoms with Gasteiger partial charge in [-0.3, -0.25) is 0 Å². The summed E-state index contributed by atoms with van der Waals surface area (Å²) in [6, 6.07) is 0. The average Bonchev–Trinajstić information content (AvgIpc) is 3.22. The topological polar surface area (TPSA) is 32.8 Å². The Hall–Kier alpha value is -0.340. The van der Waals surface area contributed by atoms with Gasteiger partial charge in [-0.25, -0.2) is 0 Å². The van der Waals surface area contributed by atoms with Crippen molar-refractivity contribution in [3.05, 3.63) is 11.6 Å². The predicted molar refractivity (Wildman–Crippen MR) is 132 cm³/mol. The highest BCUT2D eigenvalue weighted by atomic mass is 16.6. The molecule has 0 amide bonds. The van der Waals surface area contributed by atoms with Gasteiger partial charge >= 0.3 is 0 Å². The lowest BCUT2D eigenvalue weighted by molar-refractivity contribution is -0.145. The Morgan fingerprint density at radius 3 is 2.31 bits per heavy atom. The van der Waals surface area contributed by atoms with Crippen LogP contribution in [-0.4, -0.2) is 22.9 Å². The molecule has 182 valence electrons. The van der Waals surface area contributed by atoms with Crippen molar-refractivity contribution in [1.29, 1.82) is 0 Å². The van der Waals surface area contributed by atoms with E-state index in [0.29, 0.717) is 28.3 Å². The lowest BCUT2D eigenvalue weighted by atomic mass is 9.39. The third-order valence-electron chi connectivity index (χ3n) is 12.6. The molecule has 0 aromatic rings. The van der Waals surface area contributed by atoms with Gasteiger partial charge in [-0.2, -0.15) is 0 Å². The maximum Gasteiger partial charge on any atom is 0.0892 e. The summed E-state index contributed by atoms with van der Waals surface area (Å²) in [5.74, 6) is 3.11. The number of ether oxygens (including phenoxy) is 1. The summed E-state index contributed by atoms with van der Waals surface area (Å²) in [6.45, 7) is 19.7. The first kappa shape index (κ1) is 23.4. The highest BCUT2D eigenvalue weighted by molar-refractivity contribution is 5.30. The fraction of sp³-hybridized carbons (Fsp3) is 0.933. The van der Waals surface area contributed by atoms with E-state index in [1.54, 1.807) is 5.57 Å². The average molecular weight is 443 g/mol. The Morgan fingerprint density at radius 2 is 1.66 bits per heavy atom. The van der Waals surface area contributed by atoms with Crippen molar-refractivity contribution >= 4 is 0 Å². The van der Waals surface area contributed by atoms with Gasteiger partial charge in [0.1, 0.15) is 0 Å². The highest BCUT2D eigenvalue weighted by Crippen LogP contribution is 2.75. The largest absolute Gasteiger partial charge is 0.392 e. The summed E-state index contributed by atoms with van der Waals surface area (Å²) in [4.78, 5) is 0. The third kappa shape index (κ3) is 3.03. The molecule has 9 atom stereocenters. The molecule has 3 saturated carbocycles. The monoisotopic (exact) mass is 442 g/mol. The van der Waals surface area contributed by atoms with Crippen molar-refractivity contribution in [1.82, 2.24) is 0 Å². The smallest absolute Gasteiger partial charge is 0.0892 e. The van der Waals surface area contributed by atoms with Crippen molar-refractivity contribution in [3.63, 3.8) is 0 Å². The van der Waals surface area contributed by atoms with Crippen LogP contribution < -0.4 is 0 Å². The summed E-state index contributed by atoms with van der Waals surface area (Å²) < 4.78 is 5.90. The number of aliphatic hydroxyl groups is 1. The normalized spacial score (nSPS) is 51.8. The molecule has 2 heteroatoms. The molecule has 1 N–H and O–H groups in total. The first-order valence-corrected chi connectivity index (χ1v) is 13.8. The van der Waals surface area contributed by atoms with Crippen LogP contribution in [0.1, 0.15) is 113 Å². The molecule has 5 rings (SSSR count). The summed E-state index contributed by atoms with van der Waals surface area (Å²) >= 11 is 0. The second-order valence-corrected chi connectivity index (χ2v) is 14.6. The Kier molecular flexibility index (Phi) is 5.19. The standard InChI is InChI=1S/C30H50O2/c1-19(9-14-25-27(4,5)32-25)20-15-16-30(8)23-12-10-21-22(11-13-24(31)26(21,2)3)28(23,6)17-18-29(20,30)7/h10,19-20,22-25,31H,9,11-18H2,1-8H3/t19-,20+,22-,23+,24+,25+,28+,29+,30-/m1/s1. The zero-order valence-corrected chi connectivity index (χ0v) is 22.3. The summed E-state index contributed by atoms with van der Waals surface area (Å²) in [6.07, 6.45) is 14.5. The Balaban J connectivity index is 1.39. The molecule has 0 aromatic carbocycles. The molecule has 1 aliphatic heterocycles. The molecule has 1 heterocycles. The second kappa shape index (κ2) is 7.09. The minimum Gasteiger partial charge on any atom is -0.392 e. The molecular formula is C30H50O2. The van der Waals surface area contributed by atoms with Crippen molar-refractivity contribution in [3.8, 4) is 0 Å². The van der Waals surface area contributed by atoms with E-state index in [0.717, 1.165) is 24.2 Å². The molecule has 4 fully saturated rings. The molecule has 5 aliphatic rings. The molecule has 0 unspecified atom stereocenters. The Bertz CT molecular complexity index is 795. The minimum absolute atomic E-state index is 0.0517. The van der Waals surface area contributed by atoms with E-state index in [2.05, 4.69) is 61.5 Å². The van der Waals surface area contributed by atoms with E-state index >= 15 is 0 Å². The van der Waals surface area contributed by atoms with Crippen molar-refractivity contribution in [2.24, 2.45) is 45.3 Å². The molecule has 0 aromatic heterocycles. The number of epoxide rings is 1. The van der Waals surface area contributed by atoms with Crippen LogP contribution in [0.4, 0.5) is 0 Å². The second-order valence-electron chi connectivity index (χ2n) is 14.6. The number of hydrogen-bond donors (Lipinski definition) is 1. The predicted octanol–water partition coefficient (Wildman–Crippen LogP) is 7.55. The number of aliphatic hydroxyl groups excluding tert-OH is 1. The highest BCUT2D eigenvalue weighted by Gasteiger charge is 2.67. The van der Waals surface area contributed by atoms with E-state index in [9.17, 15) is 5.11 Å². The minimum atomic E-state index is -0.174. The van der Waals surface area contributed by atoms with Gasteiger partial charge in [0.25, 0.3) is 0 Å². The van der Waals surface area contributed by atoms with Gasteiger partial charge in [0.05, 0.1) is 17.8 Å². The summed E-state index contributed by atoms with van der Waals surface area (Å²) in [7, 11) is 0. The van der Waals surface area contributed by atoms with Crippen LogP contribution >= 0.6 is 0 Å². The molecule has 32 heavy (non-hydrogen) atoms.